The Morgan fingerprint density at radius 1 is 1.11 bits per heavy atom. The number of sulfonamides is 1. The molecule has 0 aliphatic rings. The lowest BCUT2D eigenvalue weighted by Gasteiger charge is -2.18. The van der Waals surface area contributed by atoms with E-state index in [0.29, 0.717) is 25.2 Å². The molecule has 1 amide bonds. The monoisotopic (exact) mass is 391 g/mol. The third-order valence-electron chi connectivity index (χ3n) is 5.02. The molecule has 0 atom stereocenters. The number of carbonyl (C=O) groups excluding carboxylic acids is 1. The lowest BCUT2D eigenvalue weighted by atomic mass is 10.1. The first-order valence-corrected chi connectivity index (χ1v) is 10.7. The maximum absolute atomic E-state index is 12.5. The van der Waals surface area contributed by atoms with Gasteiger partial charge in [0.1, 0.15) is 0 Å². The van der Waals surface area contributed by atoms with Gasteiger partial charge in [-0.05, 0) is 56.2 Å². The van der Waals surface area contributed by atoms with Crippen LogP contribution in [-0.2, 0) is 23.5 Å². The lowest BCUT2D eigenvalue weighted by molar-refractivity contribution is 0.0954. The summed E-state index contributed by atoms with van der Waals surface area (Å²) in [5.41, 5.74) is 4.07. The van der Waals surface area contributed by atoms with Crippen molar-refractivity contribution in [2.24, 2.45) is 7.05 Å². The van der Waals surface area contributed by atoms with Crippen molar-refractivity contribution in [3.05, 3.63) is 52.8 Å². The summed E-state index contributed by atoms with van der Waals surface area (Å²) < 4.78 is 28.5. The van der Waals surface area contributed by atoms with Crippen LogP contribution in [0, 0.1) is 13.8 Å². The molecule has 2 aromatic rings. The van der Waals surface area contributed by atoms with Gasteiger partial charge in [0, 0.05) is 43.6 Å². The van der Waals surface area contributed by atoms with Gasteiger partial charge >= 0.3 is 0 Å². The normalized spacial score (nSPS) is 11.8. The zero-order chi connectivity index (χ0) is 20.2. The summed E-state index contributed by atoms with van der Waals surface area (Å²) in [5.74, 6) is -0.202. The van der Waals surface area contributed by atoms with Crippen molar-refractivity contribution >= 4 is 15.9 Å². The van der Waals surface area contributed by atoms with E-state index in [1.807, 2.05) is 7.05 Å². The van der Waals surface area contributed by atoms with E-state index in [2.05, 4.69) is 29.8 Å². The van der Waals surface area contributed by atoms with Gasteiger partial charge in [-0.3, -0.25) is 4.79 Å². The zero-order valence-corrected chi connectivity index (χ0v) is 17.6. The first kappa shape index (κ1) is 21.2. The zero-order valence-electron chi connectivity index (χ0n) is 16.7. The smallest absolute Gasteiger partial charge is 0.251 e. The summed E-state index contributed by atoms with van der Waals surface area (Å²) in [6.45, 7) is 9.10. The second-order valence-corrected chi connectivity index (χ2v) is 8.51. The number of aromatic nitrogens is 1. The number of rotatable bonds is 8. The molecule has 0 aliphatic carbocycles. The fourth-order valence-electron chi connectivity index (χ4n) is 3.09. The second-order valence-electron chi connectivity index (χ2n) is 6.57. The summed E-state index contributed by atoms with van der Waals surface area (Å²) in [7, 11) is -1.48. The molecule has 1 N–H and O–H groups in total. The molecule has 0 saturated heterocycles. The number of nitrogens with zero attached hydrogens (tertiary/aromatic N) is 2. The Morgan fingerprint density at radius 3 is 2.19 bits per heavy atom. The van der Waals surface area contributed by atoms with Gasteiger partial charge in [0.2, 0.25) is 10.0 Å². The number of hydrogen-bond donors (Lipinski definition) is 1. The van der Waals surface area contributed by atoms with E-state index in [4.69, 9.17) is 0 Å². The first-order chi connectivity index (χ1) is 12.7. The number of hydrogen-bond acceptors (Lipinski definition) is 3. The number of amides is 1. The van der Waals surface area contributed by atoms with Crippen LogP contribution in [0.1, 0.15) is 41.2 Å². The molecule has 148 valence electrons. The number of aryl methyl sites for hydroxylation is 1. The Labute approximate surface area is 162 Å². The first-order valence-electron chi connectivity index (χ1n) is 9.22. The van der Waals surface area contributed by atoms with Crippen LogP contribution in [0.25, 0.3) is 0 Å². The Morgan fingerprint density at radius 2 is 1.70 bits per heavy atom. The van der Waals surface area contributed by atoms with Crippen LogP contribution in [0.4, 0.5) is 0 Å². The summed E-state index contributed by atoms with van der Waals surface area (Å²) >= 11 is 0. The minimum absolute atomic E-state index is 0.202. The fourth-order valence-corrected chi connectivity index (χ4v) is 4.55. The summed E-state index contributed by atoms with van der Waals surface area (Å²) in [6, 6.07) is 8.24. The van der Waals surface area contributed by atoms with E-state index in [9.17, 15) is 13.2 Å². The molecule has 6 nitrogen and oxygen atoms in total. The van der Waals surface area contributed by atoms with Gasteiger partial charge in [-0.15, -0.1) is 0 Å². The second kappa shape index (κ2) is 8.71. The molecule has 0 aliphatic heterocycles. The lowest BCUT2D eigenvalue weighted by Crippen LogP contribution is -2.30. The summed E-state index contributed by atoms with van der Waals surface area (Å²) in [4.78, 5) is 12.5. The van der Waals surface area contributed by atoms with E-state index in [-0.39, 0.29) is 10.8 Å². The van der Waals surface area contributed by atoms with E-state index < -0.39 is 10.0 Å². The van der Waals surface area contributed by atoms with Crippen molar-refractivity contribution < 1.29 is 13.2 Å². The molecule has 0 unspecified atom stereocenters. The Balaban J connectivity index is 2.00. The molecule has 0 spiro atoms. The average molecular weight is 392 g/mol. The summed E-state index contributed by atoms with van der Waals surface area (Å²) in [5, 5.41) is 2.90. The van der Waals surface area contributed by atoms with Gasteiger partial charge in [0.15, 0.2) is 0 Å². The molecule has 1 aromatic carbocycles. The third-order valence-corrected chi connectivity index (χ3v) is 7.08. The molecular weight excluding hydrogens is 362 g/mol. The van der Waals surface area contributed by atoms with Crippen molar-refractivity contribution in [3.8, 4) is 0 Å². The third kappa shape index (κ3) is 4.59. The fraction of sp³-hybridized carbons (Fsp3) is 0.450. The maximum atomic E-state index is 12.5. The van der Waals surface area contributed by atoms with Crippen LogP contribution in [0.5, 0.6) is 0 Å². The highest BCUT2D eigenvalue weighted by Gasteiger charge is 2.21. The van der Waals surface area contributed by atoms with Gasteiger partial charge < -0.3 is 9.88 Å². The van der Waals surface area contributed by atoms with Crippen LogP contribution in [0.3, 0.4) is 0 Å². The van der Waals surface area contributed by atoms with Crippen molar-refractivity contribution in [3.63, 3.8) is 0 Å². The van der Waals surface area contributed by atoms with Crippen LogP contribution in [-0.4, -0.2) is 42.8 Å². The van der Waals surface area contributed by atoms with Crippen molar-refractivity contribution in [2.75, 3.05) is 19.6 Å². The molecule has 1 aromatic heterocycles. The highest BCUT2D eigenvalue weighted by atomic mass is 32.2. The molecule has 0 radical (unpaired) electrons. The van der Waals surface area contributed by atoms with Crippen molar-refractivity contribution in [1.29, 1.82) is 0 Å². The minimum atomic E-state index is -3.50. The van der Waals surface area contributed by atoms with Gasteiger partial charge in [0.05, 0.1) is 4.90 Å². The van der Waals surface area contributed by atoms with Gasteiger partial charge in [0.25, 0.3) is 5.91 Å². The summed E-state index contributed by atoms with van der Waals surface area (Å²) in [6.07, 6.45) is 0.758. The molecule has 27 heavy (non-hydrogen) atoms. The number of nitrogens with one attached hydrogen (secondary N) is 1. The molecule has 7 heteroatoms. The average Bonchev–Trinajstić information content (AvgIpc) is 2.89. The molecular formula is C20H29N3O3S. The van der Waals surface area contributed by atoms with E-state index in [1.54, 1.807) is 26.0 Å². The highest BCUT2D eigenvalue weighted by Crippen LogP contribution is 2.16. The Kier molecular flexibility index (Phi) is 6.84. The molecule has 0 bridgehead atoms. The van der Waals surface area contributed by atoms with Crippen molar-refractivity contribution in [2.45, 2.75) is 39.0 Å². The molecule has 2 rings (SSSR count). The van der Waals surface area contributed by atoms with Gasteiger partial charge in [-0.1, -0.05) is 13.8 Å². The Hall–Kier alpha value is -2.12. The van der Waals surface area contributed by atoms with Gasteiger partial charge in [-0.2, -0.15) is 4.31 Å². The van der Waals surface area contributed by atoms with Crippen LogP contribution in [0.2, 0.25) is 0 Å². The maximum Gasteiger partial charge on any atom is 0.251 e. The SMILES string of the molecule is CCN(CC)S(=O)(=O)c1ccc(C(=O)NCCc2cc(C)n(C)c2C)cc1. The quantitative estimate of drug-likeness (QED) is 0.752. The van der Waals surface area contributed by atoms with Crippen LogP contribution < -0.4 is 5.32 Å². The number of benzene rings is 1. The molecule has 0 fully saturated rings. The Bertz CT molecular complexity index is 895. The predicted molar refractivity (Wildman–Crippen MR) is 107 cm³/mol. The van der Waals surface area contributed by atoms with E-state index >= 15 is 0 Å². The van der Waals surface area contributed by atoms with E-state index in [0.717, 1.165) is 6.42 Å². The minimum Gasteiger partial charge on any atom is -0.352 e. The predicted octanol–water partition coefficient (Wildman–Crippen LogP) is 2.64. The molecule has 0 saturated carbocycles. The highest BCUT2D eigenvalue weighted by molar-refractivity contribution is 7.89. The topological polar surface area (TPSA) is 71.4 Å². The number of carbonyl (C=O) groups is 1. The van der Waals surface area contributed by atoms with Gasteiger partial charge in [-0.25, -0.2) is 8.42 Å². The van der Waals surface area contributed by atoms with Crippen molar-refractivity contribution in [1.82, 2.24) is 14.2 Å². The van der Waals surface area contributed by atoms with Crippen LogP contribution >= 0.6 is 0 Å². The largest absolute Gasteiger partial charge is 0.352 e. The molecule has 1 heterocycles. The van der Waals surface area contributed by atoms with Crippen LogP contribution in [0.15, 0.2) is 35.2 Å². The standard InChI is InChI=1S/C20H29N3O3S/c1-6-23(7-2)27(25,26)19-10-8-17(9-11-19)20(24)21-13-12-18-14-15(3)22(5)16(18)4/h8-11,14H,6-7,12-13H2,1-5H3,(H,21,24). The van der Waals surface area contributed by atoms with E-state index in [1.165, 1.54) is 33.4 Å².